The van der Waals surface area contributed by atoms with Crippen LogP contribution in [0.15, 0.2) is 69.6 Å². The van der Waals surface area contributed by atoms with E-state index in [1.165, 1.54) is 15.2 Å². The molecule has 0 saturated heterocycles. The maximum Gasteiger partial charge on any atom is 0.275 e. The number of rotatable bonds is 1. The number of H-pyrrole nitrogens is 2. The fraction of sp³-hybridized carbons (Fsp3) is 0.0526. The highest BCUT2D eigenvalue weighted by Gasteiger charge is 2.04. The number of nitrogens with one attached hydrogen (secondary N) is 2. The van der Waals surface area contributed by atoms with Crippen LogP contribution in [0.1, 0.15) is 0 Å². The molecular formula is C19H14BrCl2N9O3. The molecule has 6 rings (SSSR count). The van der Waals surface area contributed by atoms with Gasteiger partial charge in [0.05, 0.1) is 44.3 Å². The molecule has 0 atom stereocenters. The number of fused-ring (bicyclic) bond motifs is 3. The molecule has 0 aliphatic rings. The van der Waals surface area contributed by atoms with Crippen molar-refractivity contribution in [2.24, 2.45) is 0 Å². The number of nitrogens with zero attached hydrogens (tertiary/aromatic N) is 7. The topological polar surface area (TPSA) is 140 Å². The number of aromatic amines is 2. The van der Waals surface area contributed by atoms with Gasteiger partial charge in [-0.3, -0.25) is 9.59 Å². The number of hydrogen-bond acceptors (Lipinski definition) is 7. The monoisotopic (exact) mass is 565 g/mol. The second-order valence-corrected chi connectivity index (χ2v) is 8.07. The molecule has 6 aromatic rings. The summed E-state index contributed by atoms with van der Waals surface area (Å²) >= 11 is 14.4. The summed E-state index contributed by atoms with van der Waals surface area (Å²) in [6, 6.07) is 5.09. The molecule has 0 aliphatic carbocycles. The molecule has 6 heterocycles. The molecule has 15 heteroatoms. The van der Waals surface area contributed by atoms with E-state index in [0.717, 1.165) is 5.52 Å². The molecule has 34 heavy (non-hydrogen) atoms. The largest absolute Gasteiger partial charge is 0.479 e. The number of aromatic nitrogens is 9. The molecule has 2 N–H and O–H groups in total. The quantitative estimate of drug-likeness (QED) is 0.312. The van der Waals surface area contributed by atoms with Gasteiger partial charge in [0, 0.05) is 0 Å². The molecule has 6 aromatic heterocycles. The Morgan fingerprint density at radius 2 is 1.35 bits per heavy atom. The van der Waals surface area contributed by atoms with Crippen LogP contribution in [0.5, 0.6) is 5.88 Å². The van der Waals surface area contributed by atoms with Crippen LogP contribution >= 0.6 is 39.1 Å². The number of methoxy groups -OCH3 is 1. The SMILES string of the molecule is COc1nc(Cl)cn2nccc12.O=c1[nH]c(Br)cn2nccc12.O=c1[nH]c(Cl)cn2nccc12. The lowest BCUT2D eigenvalue weighted by Crippen LogP contribution is -2.09. The first-order chi connectivity index (χ1) is 16.4. The smallest absolute Gasteiger partial charge is 0.275 e. The van der Waals surface area contributed by atoms with Crippen LogP contribution in [0.4, 0.5) is 0 Å². The molecule has 174 valence electrons. The molecule has 0 spiro atoms. The third kappa shape index (κ3) is 5.11. The first-order valence-electron chi connectivity index (χ1n) is 9.34. The molecule has 0 unspecified atom stereocenters. The van der Waals surface area contributed by atoms with Crippen molar-refractivity contribution >= 4 is 55.7 Å². The van der Waals surface area contributed by atoms with Crippen LogP contribution in [0.25, 0.3) is 16.6 Å². The van der Waals surface area contributed by atoms with E-state index >= 15 is 0 Å². The molecule has 0 amide bonds. The van der Waals surface area contributed by atoms with Gasteiger partial charge in [-0.05, 0) is 34.1 Å². The molecule has 0 aromatic carbocycles. The highest BCUT2D eigenvalue weighted by Crippen LogP contribution is 2.18. The summed E-state index contributed by atoms with van der Waals surface area (Å²) < 4.78 is 10.2. The highest BCUT2D eigenvalue weighted by molar-refractivity contribution is 9.10. The lowest BCUT2D eigenvalue weighted by atomic mass is 10.5. The van der Waals surface area contributed by atoms with Crippen LogP contribution in [-0.2, 0) is 0 Å². The molecule has 0 radical (unpaired) electrons. The van der Waals surface area contributed by atoms with Crippen LogP contribution in [0.2, 0.25) is 10.3 Å². The Balaban J connectivity index is 0.000000121. The molecule has 0 fully saturated rings. The van der Waals surface area contributed by atoms with Crippen molar-refractivity contribution in [2.75, 3.05) is 7.11 Å². The summed E-state index contributed by atoms with van der Waals surface area (Å²) in [5.74, 6) is 0.486. The van der Waals surface area contributed by atoms with Gasteiger partial charge in [-0.2, -0.15) is 20.3 Å². The van der Waals surface area contributed by atoms with Crippen molar-refractivity contribution in [2.45, 2.75) is 0 Å². The average molecular weight is 567 g/mol. The minimum absolute atomic E-state index is 0.142. The number of hydrogen-bond donors (Lipinski definition) is 2. The van der Waals surface area contributed by atoms with E-state index in [4.69, 9.17) is 27.9 Å². The van der Waals surface area contributed by atoms with Gasteiger partial charge >= 0.3 is 0 Å². The zero-order chi connectivity index (χ0) is 24.2. The summed E-state index contributed by atoms with van der Waals surface area (Å²) in [4.78, 5) is 31.2. The van der Waals surface area contributed by atoms with Gasteiger partial charge in [0.2, 0.25) is 5.88 Å². The van der Waals surface area contributed by atoms with E-state index in [0.29, 0.717) is 26.7 Å². The zero-order valence-corrected chi connectivity index (χ0v) is 20.3. The van der Waals surface area contributed by atoms with Gasteiger partial charge in [-0.25, -0.2) is 13.5 Å². The van der Waals surface area contributed by atoms with E-state index in [9.17, 15) is 9.59 Å². The Morgan fingerprint density at radius 3 is 1.97 bits per heavy atom. The third-order valence-electron chi connectivity index (χ3n) is 4.26. The maximum atomic E-state index is 11.1. The van der Waals surface area contributed by atoms with Gasteiger partial charge in [0.25, 0.3) is 11.1 Å². The predicted molar refractivity (Wildman–Crippen MR) is 129 cm³/mol. The third-order valence-corrected chi connectivity index (χ3v) is 5.04. The second-order valence-electron chi connectivity index (χ2n) is 6.42. The minimum atomic E-state index is -0.227. The van der Waals surface area contributed by atoms with Crippen LogP contribution < -0.4 is 15.9 Å². The summed E-state index contributed by atoms with van der Waals surface area (Å²) in [5.41, 5.74) is 1.48. The molecule has 0 bridgehead atoms. The van der Waals surface area contributed by atoms with Crippen LogP contribution in [0.3, 0.4) is 0 Å². The van der Waals surface area contributed by atoms with Gasteiger partial charge in [0.15, 0.2) is 5.15 Å². The molecular weight excluding hydrogens is 553 g/mol. The first kappa shape index (κ1) is 23.5. The predicted octanol–water partition coefficient (Wildman–Crippen LogP) is 2.85. The van der Waals surface area contributed by atoms with Gasteiger partial charge in [-0.1, -0.05) is 23.2 Å². The Kier molecular flexibility index (Phi) is 6.95. The van der Waals surface area contributed by atoms with Crippen LogP contribution in [0, 0.1) is 0 Å². The molecule has 0 saturated carbocycles. The highest BCUT2D eigenvalue weighted by atomic mass is 79.9. The summed E-state index contributed by atoms with van der Waals surface area (Å²) in [6.07, 6.45) is 9.64. The zero-order valence-electron chi connectivity index (χ0n) is 17.2. The Hall–Kier alpha value is -3.68. The lowest BCUT2D eigenvalue weighted by Gasteiger charge is -2.00. The Labute approximate surface area is 207 Å². The van der Waals surface area contributed by atoms with Crippen molar-refractivity contribution in [3.8, 4) is 5.88 Å². The van der Waals surface area contributed by atoms with Crippen molar-refractivity contribution in [3.05, 3.63) is 91.0 Å². The summed E-state index contributed by atoms with van der Waals surface area (Å²) in [7, 11) is 1.55. The van der Waals surface area contributed by atoms with Gasteiger partial charge < -0.3 is 14.7 Å². The van der Waals surface area contributed by atoms with Crippen molar-refractivity contribution in [3.63, 3.8) is 0 Å². The van der Waals surface area contributed by atoms with Crippen molar-refractivity contribution < 1.29 is 4.74 Å². The molecule has 0 aliphatic heterocycles. The van der Waals surface area contributed by atoms with E-state index < -0.39 is 0 Å². The number of halogens is 3. The molecule has 12 nitrogen and oxygen atoms in total. The lowest BCUT2D eigenvalue weighted by molar-refractivity contribution is 0.400. The maximum absolute atomic E-state index is 11.1. The van der Waals surface area contributed by atoms with Crippen molar-refractivity contribution in [1.29, 1.82) is 0 Å². The first-order valence-corrected chi connectivity index (χ1v) is 10.9. The van der Waals surface area contributed by atoms with E-state index in [1.54, 1.807) is 54.7 Å². The average Bonchev–Trinajstić information content (AvgIpc) is 3.54. The van der Waals surface area contributed by atoms with Crippen molar-refractivity contribution in [1.82, 2.24) is 43.8 Å². The fourth-order valence-electron chi connectivity index (χ4n) is 2.84. The normalized spacial score (nSPS) is 10.6. The van der Waals surface area contributed by atoms with E-state index in [2.05, 4.69) is 46.2 Å². The summed E-state index contributed by atoms with van der Waals surface area (Å²) in [5, 5.41) is 12.4. The van der Waals surface area contributed by atoms with E-state index in [-0.39, 0.29) is 16.3 Å². The number of ether oxygens (including phenoxy) is 1. The van der Waals surface area contributed by atoms with Gasteiger partial charge in [0.1, 0.15) is 26.3 Å². The summed E-state index contributed by atoms with van der Waals surface area (Å²) in [6.45, 7) is 0. The standard InChI is InChI=1S/C7H6ClN3O.C6H4BrN3O.C6H4ClN3O/c1-12-7-5-2-3-9-11(5)4-6(8)10-7;2*7-5-3-10-4(1-2-8-10)6(11)9-5/h2-4H,1H3;2*1-3H,(H,9,11). The minimum Gasteiger partial charge on any atom is -0.479 e. The Morgan fingerprint density at radius 1 is 0.824 bits per heavy atom. The van der Waals surface area contributed by atoms with Gasteiger partial charge in [-0.15, -0.1) is 0 Å². The second kappa shape index (κ2) is 10.1. The van der Waals surface area contributed by atoms with E-state index in [1.807, 2.05) is 6.07 Å². The Bertz CT molecular complexity index is 1620. The van der Waals surface area contributed by atoms with Crippen LogP contribution in [-0.4, -0.2) is 50.9 Å². The fourth-order valence-corrected chi connectivity index (χ4v) is 3.56.